The van der Waals surface area contributed by atoms with Crippen LogP contribution in [0.4, 0.5) is 0 Å². The monoisotopic (exact) mass is 269 g/mol. The third-order valence-corrected chi connectivity index (χ3v) is 4.63. The minimum atomic E-state index is 0.207. The minimum Gasteiger partial charge on any atom is -0.330 e. The predicted octanol–water partition coefficient (Wildman–Crippen LogP) is 2.26. The Morgan fingerprint density at radius 3 is 2.78 bits per heavy atom. The van der Waals surface area contributed by atoms with Gasteiger partial charge < -0.3 is 5.73 Å². The van der Waals surface area contributed by atoms with E-state index < -0.39 is 0 Å². The normalized spacial score (nSPS) is 17.5. The number of hydrogen-bond acceptors (Lipinski definition) is 5. The molecule has 0 amide bonds. The van der Waals surface area contributed by atoms with E-state index in [0.717, 1.165) is 23.9 Å². The topological polar surface area (TPSA) is 69.6 Å². The molecule has 0 aliphatic heterocycles. The van der Waals surface area contributed by atoms with Gasteiger partial charge in [-0.25, -0.2) is 4.68 Å². The highest BCUT2D eigenvalue weighted by atomic mass is 32.2. The maximum Gasteiger partial charge on any atom is 0.209 e. The van der Waals surface area contributed by atoms with Crippen LogP contribution in [0.2, 0.25) is 0 Å². The van der Waals surface area contributed by atoms with E-state index in [1.165, 1.54) is 25.7 Å². The van der Waals surface area contributed by atoms with Crippen LogP contribution in [0, 0.1) is 5.41 Å². The van der Waals surface area contributed by atoms with Gasteiger partial charge in [0.2, 0.25) is 5.16 Å². The van der Waals surface area contributed by atoms with Crippen LogP contribution in [-0.4, -0.2) is 32.5 Å². The molecule has 0 saturated heterocycles. The molecule has 1 aliphatic rings. The average molecular weight is 269 g/mol. The van der Waals surface area contributed by atoms with Crippen LogP contribution < -0.4 is 5.73 Å². The maximum absolute atomic E-state index is 5.74. The molecule has 1 heterocycles. The lowest BCUT2D eigenvalue weighted by molar-refractivity contribution is 0.367. The van der Waals surface area contributed by atoms with Crippen molar-refractivity contribution in [3.8, 4) is 0 Å². The number of tetrazole rings is 1. The summed E-state index contributed by atoms with van der Waals surface area (Å²) < 4.78 is 2.02. The van der Waals surface area contributed by atoms with Gasteiger partial charge in [-0.3, -0.25) is 0 Å². The molecule has 2 N–H and O–H groups in total. The summed E-state index contributed by atoms with van der Waals surface area (Å²) in [5.74, 6) is 1.03. The Hall–Kier alpha value is -0.620. The highest BCUT2D eigenvalue weighted by molar-refractivity contribution is 7.99. The SMILES string of the molecule is CC(C)(CN)CCSc1nnnn1C1CCCC1. The molecule has 102 valence electrons. The molecule has 1 aromatic heterocycles. The first-order chi connectivity index (χ1) is 8.62. The van der Waals surface area contributed by atoms with E-state index >= 15 is 0 Å². The van der Waals surface area contributed by atoms with Crippen LogP contribution in [0.15, 0.2) is 5.16 Å². The van der Waals surface area contributed by atoms with E-state index in [1.54, 1.807) is 11.8 Å². The number of aromatic nitrogens is 4. The Morgan fingerprint density at radius 2 is 2.11 bits per heavy atom. The number of hydrogen-bond donors (Lipinski definition) is 1. The van der Waals surface area contributed by atoms with Gasteiger partial charge in [0.15, 0.2) is 0 Å². The molecule has 18 heavy (non-hydrogen) atoms. The number of thioether (sulfide) groups is 1. The summed E-state index contributed by atoms with van der Waals surface area (Å²) in [6.45, 7) is 5.13. The largest absolute Gasteiger partial charge is 0.330 e. The second-order valence-corrected chi connectivity index (χ2v) is 6.87. The van der Waals surface area contributed by atoms with Crippen LogP contribution >= 0.6 is 11.8 Å². The molecule has 6 heteroatoms. The third-order valence-electron chi connectivity index (χ3n) is 3.70. The van der Waals surface area contributed by atoms with Gasteiger partial charge in [0.25, 0.3) is 0 Å². The van der Waals surface area contributed by atoms with Gasteiger partial charge in [0.05, 0.1) is 6.04 Å². The van der Waals surface area contributed by atoms with E-state index in [1.807, 2.05) is 4.68 Å². The smallest absolute Gasteiger partial charge is 0.209 e. The van der Waals surface area contributed by atoms with Gasteiger partial charge in [-0.05, 0) is 41.6 Å². The van der Waals surface area contributed by atoms with E-state index in [4.69, 9.17) is 5.73 Å². The van der Waals surface area contributed by atoms with Crippen LogP contribution in [0.5, 0.6) is 0 Å². The molecule has 1 fully saturated rings. The molecule has 0 atom stereocenters. The first-order valence-corrected chi connectivity index (χ1v) is 7.72. The fourth-order valence-corrected chi connectivity index (χ4v) is 3.43. The highest BCUT2D eigenvalue weighted by Gasteiger charge is 2.22. The molecule has 1 saturated carbocycles. The van der Waals surface area contributed by atoms with Crippen LogP contribution in [0.3, 0.4) is 0 Å². The fourth-order valence-electron chi connectivity index (χ4n) is 2.18. The molecule has 0 radical (unpaired) electrons. The molecular formula is C12H23N5S. The second-order valence-electron chi connectivity index (χ2n) is 5.81. The predicted molar refractivity (Wildman–Crippen MR) is 73.5 cm³/mol. The number of rotatable bonds is 6. The lowest BCUT2D eigenvalue weighted by Crippen LogP contribution is -2.24. The first-order valence-electron chi connectivity index (χ1n) is 6.73. The summed E-state index contributed by atoms with van der Waals surface area (Å²) in [5, 5.41) is 13.1. The summed E-state index contributed by atoms with van der Waals surface area (Å²) in [6.07, 6.45) is 6.12. The Morgan fingerprint density at radius 1 is 1.39 bits per heavy atom. The molecule has 2 rings (SSSR count). The standard InChI is InChI=1S/C12H23N5S/c1-12(2,9-13)7-8-18-11-14-15-16-17(11)10-5-3-4-6-10/h10H,3-9,13H2,1-2H3. The summed E-state index contributed by atoms with van der Waals surface area (Å²) in [7, 11) is 0. The van der Waals surface area contributed by atoms with Crippen LogP contribution in [0.1, 0.15) is 52.0 Å². The van der Waals surface area contributed by atoms with Gasteiger partial charge in [-0.15, -0.1) is 5.10 Å². The van der Waals surface area contributed by atoms with Crippen molar-refractivity contribution in [3.05, 3.63) is 0 Å². The Kier molecular flexibility index (Phi) is 4.61. The van der Waals surface area contributed by atoms with Gasteiger partial charge in [0, 0.05) is 5.75 Å². The molecular weight excluding hydrogens is 246 g/mol. The molecule has 5 nitrogen and oxygen atoms in total. The summed E-state index contributed by atoms with van der Waals surface area (Å²) in [5.41, 5.74) is 5.95. The zero-order valence-electron chi connectivity index (χ0n) is 11.3. The Labute approximate surface area is 113 Å². The lowest BCUT2D eigenvalue weighted by atomic mass is 9.91. The molecule has 0 bridgehead atoms. The van der Waals surface area contributed by atoms with Crippen molar-refractivity contribution >= 4 is 11.8 Å². The fraction of sp³-hybridized carbons (Fsp3) is 0.917. The van der Waals surface area contributed by atoms with Crippen molar-refractivity contribution in [1.29, 1.82) is 0 Å². The molecule has 0 aromatic carbocycles. The van der Waals surface area contributed by atoms with Crippen molar-refractivity contribution < 1.29 is 0 Å². The van der Waals surface area contributed by atoms with E-state index in [2.05, 4.69) is 29.4 Å². The van der Waals surface area contributed by atoms with Gasteiger partial charge >= 0.3 is 0 Å². The third kappa shape index (κ3) is 3.45. The summed E-state index contributed by atoms with van der Waals surface area (Å²) in [6, 6.07) is 0.519. The highest BCUT2D eigenvalue weighted by Crippen LogP contribution is 2.32. The van der Waals surface area contributed by atoms with Crippen molar-refractivity contribution in [2.45, 2.75) is 57.1 Å². The number of nitrogens with zero attached hydrogens (tertiary/aromatic N) is 4. The quantitative estimate of drug-likeness (QED) is 0.802. The lowest BCUT2D eigenvalue weighted by Gasteiger charge is -2.21. The molecule has 0 spiro atoms. The Balaban J connectivity index is 1.88. The second kappa shape index (κ2) is 6.02. The van der Waals surface area contributed by atoms with Crippen LogP contribution in [-0.2, 0) is 0 Å². The average Bonchev–Trinajstić information content (AvgIpc) is 2.98. The summed E-state index contributed by atoms with van der Waals surface area (Å²) in [4.78, 5) is 0. The Bertz CT molecular complexity index is 370. The maximum atomic E-state index is 5.74. The molecule has 1 aromatic rings. The van der Waals surface area contributed by atoms with Gasteiger partial charge in [-0.1, -0.05) is 38.5 Å². The first kappa shape index (κ1) is 13.8. The van der Waals surface area contributed by atoms with Crippen molar-refractivity contribution in [2.24, 2.45) is 11.1 Å². The zero-order chi connectivity index (χ0) is 13.0. The van der Waals surface area contributed by atoms with E-state index in [0.29, 0.717) is 6.04 Å². The van der Waals surface area contributed by atoms with Crippen molar-refractivity contribution in [1.82, 2.24) is 20.2 Å². The van der Waals surface area contributed by atoms with Crippen LogP contribution in [0.25, 0.3) is 0 Å². The van der Waals surface area contributed by atoms with Crippen molar-refractivity contribution in [2.75, 3.05) is 12.3 Å². The van der Waals surface area contributed by atoms with Crippen molar-refractivity contribution in [3.63, 3.8) is 0 Å². The summed E-state index contributed by atoms with van der Waals surface area (Å²) >= 11 is 1.75. The zero-order valence-corrected chi connectivity index (χ0v) is 12.1. The number of nitrogens with two attached hydrogens (primary N) is 1. The molecule has 1 aliphatic carbocycles. The van der Waals surface area contributed by atoms with E-state index in [9.17, 15) is 0 Å². The minimum absolute atomic E-state index is 0.207. The van der Waals surface area contributed by atoms with Gasteiger partial charge in [0.1, 0.15) is 0 Å². The van der Waals surface area contributed by atoms with E-state index in [-0.39, 0.29) is 5.41 Å². The molecule has 0 unspecified atom stereocenters. The van der Waals surface area contributed by atoms with Gasteiger partial charge in [-0.2, -0.15) is 0 Å².